The minimum atomic E-state index is -1.33. The summed E-state index contributed by atoms with van der Waals surface area (Å²) >= 11 is 0. The van der Waals surface area contributed by atoms with E-state index in [9.17, 15) is 19.5 Å². The number of carbonyl (C=O) groups excluding carboxylic acids is 2. The van der Waals surface area contributed by atoms with E-state index in [-0.39, 0.29) is 0 Å². The van der Waals surface area contributed by atoms with Gasteiger partial charge >= 0.3 is 12.0 Å². The number of aliphatic hydroxyl groups is 1. The number of carbonyl (C=O) groups is 3. The Morgan fingerprint density at radius 1 is 1.35 bits per heavy atom. The lowest BCUT2D eigenvalue weighted by Crippen LogP contribution is -2.49. The van der Waals surface area contributed by atoms with Crippen molar-refractivity contribution < 1.29 is 24.6 Å². The lowest BCUT2D eigenvalue weighted by Gasteiger charge is -2.24. The second-order valence-corrected chi connectivity index (χ2v) is 5.35. The van der Waals surface area contributed by atoms with Crippen molar-refractivity contribution in [3.05, 3.63) is 0 Å². The van der Waals surface area contributed by atoms with Gasteiger partial charge in [-0.2, -0.15) is 0 Å². The van der Waals surface area contributed by atoms with E-state index in [2.05, 4.69) is 5.32 Å². The van der Waals surface area contributed by atoms with Gasteiger partial charge in [-0.15, -0.1) is 0 Å². The summed E-state index contributed by atoms with van der Waals surface area (Å²) in [5.74, 6) is -2.10. The van der Waals surface area contributed by atoms with E-state index in [0.717, 1.165) is 0 Å². The van der Waals surface area contributed by atoms with Gasteiger partial charge in [0.25, 0.3) is 0 Å². The van der Waals surface area contributed by atoms with E-state index in [1.807, 2.05) is 0 Å². The van der Waals surface area contributed by atoms with Crippen molar-refractivity contribution in [3.8, 4) is 0 Å². The van der Waals surface area contributed by atoms with Gasteiger partial charge in [-0.05, 0) is 26.2 Å². The standard InChI is InChI=1S/C12H21N3O5/c1-12(20)3-2-5-15(6-4-12)11(19)14-8(10(17)18)7-9(13)16/h8,20H,2-7H2,1H3,(H2,13,16)(H,14,19)(H,17,18)/t8-,12?/m1/s1. The zero-order chi connectivity index (χ0) is 15.3. The molecule has 0 saturated carbocycles. The van der Waals surface area contributed by atoms with E-state index >= 15 is 0 Å². The fourth-order valence-corrected chi connectivity index (χ4v) is 2.11. The average molecular weight is 287 g/mol. The molecule has 1 saturated heterocycles. The summed E-state index contributed by atoms with van der Waals surface area (Å²) in [6, 6.07) is -1.89. The molecule has 0 aromatic carbocycles. The first-order chi connectivity index (χ1) is 9.21. The number of nitrogens with zero attached hydrogens (tertiary/aromatic N) is 1. The normalized spacial score (nSPS) is 24.6. The summed E-state index contributed by atoms with van der Waals surface area (Å²) in [5, 5.41) is 21.1. The van der Waals surface area contributed by atoms with Gasteiger partial charge in [0.05, 0.1) is 12.0 Å². The zero-order valence-corrected chi connectivity index (χ0v) is 11.5. The number of nitrogens with one attached hydrogen (secondary N) is 1. The predicted molar refractivity (Wildman–Crippen MR) is 69.8 cm³/mol. The van der Waals surface area contributed by atoms with Crippen molar-refractivity contribution in [2.75, 3.05) is 13.1 Å². The van der Waals surface area contributed by atoms with Gasteiger partial charge < -0.3 is 26.2 Å². The summed E-state index contributed by atoms with van der Waals surface area (Å²) in [4.78, 5) is 35.1. The topological polar surface area (TPSA) is 133 Å². The van der Waals surface area contributed by atoms with Gasteiger partial charge in [-0.1, -0.05) is 0 Å². The predicted octanol–water partition coefficient (Wildman–Crippen LogP) is -0.738. The molecule has 8 nitrogen and oxygen atoms in total. The Balaban J connectivity index is 2.60. The average Bonchev–Trinajstić information content (AvgIpc) is 2.48. The molecule has 114 valence electrons. The second-order valence-electron chi connectivity index (χ2n) is 5.35. The lowest BCUT2D eigenvalue weighted by atomic mass is 9.98. The zero-order valence-electron chi connectivity index (χ0n) is 11.5. The van der Waals surface area contributed by atoms with Crippen LogP contribution in [0, 0.1) is 0 Å². The third-order valence-corrected chi connectivity index (χ3v) is 3.35. The minimum absolute atomic E-state index is 0.335. The molecule has 0 bridgehead atoms. The highest BCUT2D eigenvalue weighted by atomic mass is 16.4. The van der Waals surface area contributed by atoms with Crippen LogP contribution in [0.15, 0.2) is 0 Å². The summed E-state index contributed by atoms with van der Waals surface area (Å²) < 4.78 is 0. The van der Waals surface area contributed by atoms with Crippen LogP contribution in [0.1, 0.15) is 32.6 Å². The number of rotatable bonds is 4. The smallest absolute Gasteiger partial charge is 0.326 e. The monoisotopic (exact) mass is 287 g/mol. The first-order valence-electron chi connectivity index (χ1n) is 6.50. The van der Waals surface area contributed by atoms with Crippen LogP contribution in [-0.4, -0.2) is 57.8 Å². The molecule has 1 aliphatic heterocycles. The highest BCUT2D eigenvalue weighted by Gasteiger charge is 2.29. The van der Waals surface area contributed by atoms with Crippen LogP contribution in [0.3, 0.4) is 0 Å². The number of carboxylic acid groups (broad SMARTS) is 1. The summed E-state index contributed by atoms with van der Waals surface area (Å²) in [5.41, 5.74) is 4.13. The molecule has 8 heteroatoms. The number of hydrogen-bond acceptors (Lipinski definition) is 4. The number of carboxylic acids is 1. The molecular weight excluding hydrogens is 266 g/mol. The number of primary amides is 1. The van der Waals surface area contributed by atoms with E-state index in [1.165, 1.54) is 4.90 Å². The molecule has 2 atom stereocenters. The Bertz CT molecular complexity index is 397. The first kappa shape index (κ1) is 16.2. The number of likely N-dealkylation sites (tertiary alicyclic amines) is 1. The van der Waals surface area contributed by atoms with Crippen LogP contribution < -0.4 is 11.1 Å². The molecule has 3 amide bonds. The van der Waals surface area contributed by atoms with Crippen LogP contribution in [0.25, 0.3) is 0 Å². The van der Waals surface area contributed by atoms with Gasteiger partial charge in [0.1, 0.15) is 6.04 Å². The van der Waals surface area contributed by atoms with Crippen LogP contribution in [0.4, 0.5) is 4.79 Å². The highest BCUT2D eigenvalue weighted by molar-refractivity contribution is 5.87. The van der Waals surface area contributed by atoms with E-state index < -0.39 is 36.0 Å². The molecule has 5 N–H and O–H groups in total. The number of hydrogen-bond donors (Lipinski definition) is 4. The Morgan fingerprint density at radius 3 is 2.55 bits per heavy atom. The summed E-state index contributed by atoms with van der Waals surface area (Å²) in [7, 11) is 0. The van der Waals surface area contributed by atoms with Crippen LogP contribution in [-0.2, 0) is 9.59 Å². The quantitative estimate of drug-likeness (QED) is 0.540. The third kappa shape index (κ3) is 5.04. The molecule has 1 aliphatic rings. The van der Waals surface area contributed by atoms with Gasteiger partial charge in [0.15, 0.2) is 0 Å². The molecule has 1 heterocycles. The Morgan fingerprint density at radius 2 is 2.00 bits per heavy atom. The van der Waals surface area contributed by atoms with Crippen LogP contribution in [0.5, 0.6) is 0 Å². The number of nitrogens with two attached hydrogens (primary N) is 1. The van der Waals surface area contributed by atoms with E-state index in [1.54, 1.807) is 6.92 Å². The maximum absolute atomic E-state index is 12.0. The van der Waals surface area contributed by atoms with Gasteiger partial charge in [-0.25, -0.2) is 9.59 Å². The van der Waals surface area contributed by atoms with Crippen LogP contribution in [0.2, 0.25) is 0 Å². The first-order valence-corrected chi connectivity index (χ1v) is 6.50. The van der Waals surface area contributed by atoms with Crippen LogP contribution >= 0.6 is 0 Å². The Labute approximate surface area is 116 Å². The molecule has 0 aliphatic carbocycles. The molecule has 0 radical (unpaired) electrons. The molecule has 0 aromatic heterocycles. The minimum Gasteiger partial charge on any atom is -0.480 e. The maximum atomic E-state index is 12.0. The number of amides is 3. The number of aliphatic carboxylic acids is 1. The van der Waals surface area contributed by atoms with Gasteiger partial charge in [-0.3, -0.25) is 4.79 Å². The molecule has 0 spiro atoms. The molecule has 1 fully saturated rings. The van der Waals surface area contributed by atoms with E-state index in [4.69, 9.17) is 10.8 Å². The SMILES string of the molecule is CC1(O)CCCN(C(=O)N[C@H](CC(N)=O)C(=O)O)CC1. The Kier molecular flexibility index (Phi) is 5.32. The van der Waals surface area contributed by atoms with Crippen molar-refractivity contribution >= 4 is 17.9 Å². The summed E-state index contributed by atoms with van der Waals surface area (Å²) in [6.07, 6.45) is 1.19. The maximum Gasteiger partial charge on any atom is 0.326 e. The molecule has 20 heavy (non-hydrogen) atoms. The van der Waals surface area contributed by atoms with Crippen molar-refractivity contribution in [3.63, 3.8) is 0 Å². The lowest BCUT2D eigenvalue weighted by molar-refractivity contribution is -0.141. The van der Waals surface area contributed by atoms with Crippen molar-refractivity contribution in [1.82, 2.24) is 10.2 Å². The third-order valence-electron chi connectivity index (χ3n) is 3.35. The van der Waals surface area contributed by atoms with E-state index in [0.29, 0.717) is 32.4 Å². The number of urea groups is 1. The second kappa shape index (κ2) is 6.56. The fraction of sp³-hybridized carbons (Fsp3) is 0.750. The highest BCUT2D eigenvalue weighted by Crippen LogP contribution is 2.21. The largest absolute Gasteiger partial charge is 0.480 e. The molecule has 1 rings (SSSR count). The molecule has 0 aromatic rings. The van der Waals surface area contributed by atoms with Gasteiger partial charge in [0.2, 0.25) is 5.91 Å². The van der Waals surface area contributed by atoms with Gasteiger partial charge in [0, 0.05) is 13.1 Å². The summed E-state index contributed by atoms with van der Waals surface area (Å²) in [6.45, 7) is 2.48. The van der Waals surface area contributed by atoms with Crippen molar-refractivity contribution in [2.24, 2.45) is 5.73 Å². The van der Waals surface area contributed by atoms with Crippen molar-refractivity contribution in [1.29, 1.82) is 0 Å². The Hall–Kier alpha value is -1.83. The molecular formula is C12H21N3O5. The molecule has 1 unspecified atom stereocenters. The van der Waals surface area contributed by atoms with Crippen molar-refractivity contribution in [2.45, 2.75) is 44.2 Å². The fourth-order valence-electron chi connectivity index (χ4n) is 2.11.